The maximum atomic E-state index is 11.8. The van der Waals surface area contributed by atoms with Gasteiger partial charge in [0.1, 0.15) is 5.78 Å². The number of hydrogen-bond acceptors (Lipinski definition) is 3. The average Bonchev–Trinajstić information content (AvgIpc) is 2.49. The zero-order valence-electron chi connectivity index (χ0n) is 11.4. The van der Waals surface area contributed by atoms with Gasteiger partial charge in [0.15, 0.2) is 0 Å². The van der Waals surface area contributed by atoms with E-state index in [0.29, 0.717) is 5.75 Å². The molecule has 2 aromatic rings. The molecule has 0 radical (unpaired) electrons. The Hall–Kier alpha value is -1.58. The molecule has 0 heterocycles. The molecule has 104 valence electrons. The summed E-state index contributed by atoms with van der Waals surface area (Å²) in [6, 6.07) is 19.3. The molecule has 3 heteroatoms. The van der Waals surface area contributed by atoms with Crippen molar-refractivity contribution in [3.8, 4) is 0 Å². The molecule has 2 nitrogen and oxygen atoms in total. The second kappa shape index (κ2) is 7.27. The Morgan fingerprint density at radius 3 is 2.15 bits per heavy atom. The number of aliphatic hydroxyl groups excluding tert-OH is 1. The van der Waals surface area contributed by atoms with Gasteiger partial charge in [-0.15, -0.1) is 11.8 Å². The van der Waals surface area contributed by atoms with Crippen molar-refractivity contribution in [3.63, 3.8) is 0 Å². The molecule has 2 atom stereocenters. The van der Waals surface area contributed by atoms with Gasteiger partial charge in [-0.1, -0.05) is 48.5 Å². The summed E-state index contributed by atoms with van der Waals surface area (Å²) in [5.74, 6) is 0.211. The van der Waals surface area contributed by atoms with Crippen molar-refractivity contribution in [1.82, 2.24) is 0 Å². The fourth-order valence-corrected chi connectivity index (χ4v) is 3.15. The summed E-state index contributed by atoms with van der Waals surface area (Å²) in [7, 11) is 0. The topological polar surface area (TPSA) is 37.3 Å². The van der Waals surface area contributed by atoms with Gasteiger partial charge in [0, 0.05) is 10.6 Å². The Morgan fingerprint density at radius 1 is 1.05 bits per heavy atom. The van der Waals surface area contributed by atoms with Crippen LogP contribution in [0.5, 0.6) is 0 Å². The lowest BCUT2D eigenvalue weighted by molar-refractivity contribution is -0.123. The van der Waals surface area contributed by atoms with E-state index in [1.54, 1.807) is 18.7 Å². The maximum Gasteiger partial charge on any atom is 0.136 e. The van der Waals surface area contributed by atoms with Gasteiger partial charge in [0.05, 0.1) is 12.0 Å². The molecule has 1 N–H and O–H groups in total. The Labute approximate surface area is 123 Å². The number of aliphatic hydroxyl groups is 1. The maximum absolute atomic E-state index is 11.8. The Morgan fingerprint density at radius 2 is 1.60 bits per heavy atom. The van der Waals surface area contributed by atoms with Crippen LogP contribution in [0, 0.1) is 5.92 Å². The SMILES string of the molecule is CC(=O)C(CSc1ccccc1)C(O)c1ccccc1. The highest BCUT2D eigenvalue weighted by Gasteiger charge is 2.25. The summed E-state index contributed by atoms with van der Waals surface area (Å²) >= 11 is 1.60. The summed E-state index contributed by atoms with van der Waals surface area (Å²) in [5.41, 5.74) is 0.793. The Kier molecular flexibility index (Phi) is 5.39. The third-order valence-electron chi connectivity index (χ3n) is 3.22. The second-order valence-electron chi connectivity index (χ2n) is 4.70. The van der Waals surface area contributed by atoms with Crippen LogP contribution in [-0.4, -0.2) is 16.6 Å². The molecule has 0 aliphatic carbocycles. The third kappa shape index (κ3) is 3.95. The first-order valence-electron chi connectivity index (χ1n) is 6.60. The minimum Gasteiger partial charge on any atom is -0.388 e. The molecule has 0 aromatic heterocycles. The average molecular weight is 286 g/mol. The molecule has 2 rings (SSSR count). The largest absolute Gasteiger partial charge is 0.388 e. The number of rotatable bonds is 6. The van der Waals surface area contributed by atoms with Crippen LogP contribution >= 0.6 is 11.8 Å². The standard InChI is InChI=1S/C17H18O2S/c1-13(18)16(12-20-15-10-6-3-7-11-15)17(19)14-8-4-2-5-9-14/h2-11,16-17,19H,12H2,1H3. The molecule has 0 bridgehead atoms. The van der Waals surface area contributed by atoms with Crippen molar-refractivity contribution in [2.45, 2.75) is 17.9 Å². The summed E-state index contributed by atoms with van der Waals surface area (Å²) in [5, 5.41) is 10.4. The number of hydrogen-bond donors (Lipinski definition) is 1. The van der Waals surface area contributed by atoms with Crippen LogP contribution in [0.2, 0.25) is 0 Å². The van der Waals surface area contributed by atoms with Crippen LogP contribution in [0.3, 0.4) is 0 Å². The molecule has 0 aliphatic heterocycles. The first-order chi connectivity index (χ1) is 9.68. The number of ketones is 1. The van der Waals surface area contributed by atoms with Crippen LogP contribution in [0.15, 0.2) is 65.6 Å². The molecule has 0 saturated carbocycles. The Bertz CT molecular complexity index is 539. The Balaban J connectivity index is 2.06. The van der Waals surface area contributed by atoms with E-state index in [1.165, 1.54) is 0 Å². The molecule has 0 fully saturated rings. The van der Waals surface area contributed by atoms with Gasteiger partial charge in [-0.05, 0) is 24.6 Å². The number of Topliss-reactive ketones (excluding diaryl/α,β-unsaturated/α-hetero) is 1. The highest BCUT2D eigenvalue weighted by Crippen LogP contribution is 2.29. The zero-order chi connectivity index (χ0) is 14.4. The van der Waals surface area contributed by atoms with Gasteiger partial charge >= 0.3 is 0 Å². The minimum absolute atomic E-state index is 0.0183. The highest BCUT2D eigenvalue weighted by atomic mass is 32.2. The van der Waals surface area contributed by atoms with Crippen LogP contribution in [0.25, 0.3) is 0 Å². The smallest absolute Gasteiger partial charge is 0.136 e. The van der Waals surface area contributed by atoms with Crippen LogP contribution in [0.1, 0.15) is 18.6 Å². The highest BCUT2D eigenvalue weighted by molar-refractivity contribution is 7.99. The van der Waals surface area contributed by atoms with Crippen molar-refractivity contribution < 1.29 is 9.90 Å². The van der Waals surface area contributed by atoms with E-state index in [4.69, 9.17) is 0 Å². The number of benzene rings is 2. The van der Waals surface area contributed by atoms with Crippen molar-refractivity contribution >= 4 is 17.5 Å². The molecule has 0 spiro atoms. The summed E-state index contributed by atoms with van der Waals surface area (Å²) < 4.78 is 0. The normalized spacial score (nSPS) is 13.7. The molecule has 20 heavy (non-hydrogen) atoms. The third-order valence-corrected chi connectivity index (χ3v) is 4.35. The molecule has 0 saturated heterocycles. The van der Waals surface area contributed by atoms with E-state index in [0.717, 1.165) is 10.5 Å². The quantitative estimate of drug-likeness (QED) is 0.822. The molecule has 2 aromatic carbocycles. The van der Waals surface area contributed by atoms with Crippen molar-refractivity contribution in [2.24, 2.45) is 5.92 Å². The van der Waals surface area contributed by atoms with Gasteiger partial charge in [-0.25, -0.2) is 0 Å². The first-order valence-corrected chi connectivity index (χ1v) is 7.58. The van der Waals surface area contributed by atoms with Gasteiger partial charge in [0.25, 0.3) is 0 Å². The van der Waals surface area contributed by atoms with E-state index in [9.17, 15) is 9.90 Å². The van der Waals surface area contributed by atoms with Crippen molar-refractivity contribution in [1.29, 1.82) is 0 Å². The van der Waals surface area contributed by atoms with E-state index >= 15 is 0 Å². The van der Waals surface area contributed by atoms with Gasteiger partial charge < -0.3 is 5.11 Å². The van der Waals surface area contributed by atoms with E-state index < -0.39 is 6.10 Å². The van der Waals surface area contributed by atoms with Crippen LogP contribution in [0.4, 0.5) is 0 Å². The van der Waals surface area contributed by atoms with Gasteiger partial charge in [0.2, 0.25) is 0 Å². The van der Waals surface area contributed by atoms with Crippen molar-refractivity contribution in [3.05, 3.63) is 66.2 Å². The molecular formula is C17H18O2S. The molecule has 2 unspecified atom stereocenters. The number of carbonyl (C=O) groups excluding carboxylic acids is 1. The van der Waals surface area contributed by atoms with Crippen LogP contribution in [-0.2, 0) is 4.79 Å². The van der Waals surface area contributed by atoms with Crippen LogP contribution < -0.4 is 0 Å². The summed E-state index contributed by atoms with van der Waals surface area (Å²) in [4.78, 5) is 12.9. The van der Waals surface area contributed by atoms with E-state index in [1.807, 2.05) is 60.7 Å². The van der Waals surface area contributed by atoms with E-state index in [-0.39, 0.29) is 11.7 Å². The van der Waals surface area contributed by atoms with Gasteiger partial charge in [-0.2, -0.15) is 0 Å². The summed E-state index contributed by atoms with van der Waals surface area (Å²) in [6.45, 7) is 1.54. The second-order valence-corrected chi connectivity index (χ2v) is 5.79. The molecular weight excluding hydrogens is 268 g/mol. The molecule has 0 amide bonds. The predicted molar refractivity (Wildman–Crippen MR) is 82.7 cm³/mol. The number of carbonyl (C=O) groups is 1. The predicted octanol–water partition coefficient (Wildman–Crippen LogP) is 3.72. The van der Waals surface area contributed by atoms with Gasteiger partial charge in [-0.3, -0.25) is 4.79 Å². The number of thioether (sulfide) groups is 1. The lowest BCUT2D eigenvalue weighted by Crippen LogP contribution is -2.22. The molecule has 0 aliphatic rings. The first kappa shape index (κ1) is 14.8. The monoisotopic (exact) mass is 286 g/mol. The lowest BCUT2D eigenvalue weighted by Gasteiger charge is -2.20. The van der Waals surface area contributed by atoms with E-state index in [2.05, 4.69) is 0 Å². The fraction of sp³-hybridized carbons (Fsp3) is 0.235. The van der Waals surface area contributed by atoms with Crippen molar-refractivity contribution in [2.75, 3.05) is 5.75 Å². The minimum atomic E-state index is -0.745. The zero-order valence-corrected chi connectivity index (χ0v) is 12.2. The summed E-state index contributed by atoms with van der Waals surface area (Å²) in [6.07, 6.45) is -0.745. The lowest BCUT2D eigenvalue weighted by atomic mass is 9.94. The fourth-order valence-electron chi connectivity index (χ4n) is 2.02.